The van der Waals surface area contributed by atoms with Gasteiger partial charge < -0.3 is 5.32 Å². The molecule has 4 nitrogen and oxygen atoms in total. The van der Waals surface area contributed by atoms with Gasteiger partial charge in [0.1, 0.15) is 0 Å². The molecule has 0 aliphatic rings. The largest absolute Gasteiger partial charge is 0.325 e. The molecule has 3 aromatic rings. The van der Waals surface area contributed by atoms with Crippen LogP contribution in [0.1, 0.15) is 11.1 Å². The van der Waals surface area contributed by atoms with E-state index in [0.29, 0.717) is 5.75 Å². The Hall–Kier alpha value is -2.53. The zero-order chi connectivity index (χ0) is 16.8. The molecule has 2 N–H and O–H groups in total. The minimum absolute atomic E-state index is 0.00822. The molecule has 24 heavy (non-hydrogen) atoms. The molecule has 1 amide bonds. The van der Waals surface area contributed by atoms with Crippen LogP contribution in [0, 0.1) is 6.92 Å². The predicted molar refractivity (Wildman–Crippen MR) is 100.0 cm³/mol. The van der Waals surface area contributed by atoms with E-state index in [2.05, 4.69) is 46.7 Å². The van der Waals surface area contributed by atoms with E-state index in [9.17, 15) is 4.79 Å². The third-order valence-corrected chi connectivity index (χ3v) is 4.58. The molecule has 5 heteroatoms. The number of carbonyl (C=O) groups excluding carboxylic acids is 1. The van der Waals surface area contributed by atoms with Crippen LogP contribution in [0.15, 0.2) is 60.8 Å². The number of aromatic nitrogens is 2. The molecular formula is C19H19N3OS. The summed E-state index contributed by atoms with van der Waals surface area (Å²) in [6, 6.07) is 18.0. The van der Waals surface area contributed by atoms with Gasteiger partial charge in [-0.2, -0.15) is 5.10 Å². The monoisotopic (exact) mass is 337 g/mol. The van der Waals surface area contributed by atoms with Crippen LogP contribution in [-0.2, 0) is 10.5 Å². The van der Waals surface area contributed by atoms with Crippen LogP contribution in [0.3, 0.4) is 0 Å². The van der Waals surface area contributed by atoms with Crippen LogP contribution in [-0.4, -0.2) is 21.9 Å². The van der Waals surface area contributed by atoms with Gasteiger partial charge in [0.15, 0.2) is 0 Å². The zero-order valence-corrected chi connectivity index (χ0v) is 14.3. The smallest absolute Gasteiger partial charge is 0.234 e. The summed E-state index contributed by atoms with van der Waals surface area (Å²) in [6.45, 7) is 2.07. The van der Waals surface area contributed by atoms with Crippen LogP contribution in [0.4, 0.5) is 5.69 Å². The molecule has 122 valence electrons. The summed E-state index contributed by atoms with van der Waals surface area (Å²) >= 11 is 1.61. The number of H-pyrrole nitrogens is 1. The van der Waals surface area contributed by atoms with Crippen molar-refractivity contribution >= 4 is 23.4 Å². The highest BCUT2D eigenvalue weighted by Gasteiger charge is 2.05. The Bertz CT molecular complexity index is 798. The van der Waals surface area contributed by atoms with Crippen molar-refractivity contribution in [2.24, 2.45) is 0 Å². The Morgan fingerprint density at radius 2 is 2.00 bits per heavy atom. The van der Waals surface area contributed by atoms with E-state index < -0.39 is 0 Å². The number of aryl methyl sites for hydroxylation is 1. The quantitative estimate of drug-likeness (QED) is 0.707. The van der Waals surface area contributed by atoms with E-state index in [4.69, 9.17) is 0 Å². The van der Waals surface area contributed by atoms with E-state index in [1.165, 1.54) is 11.1 Å². The van der Waals surface area contributed by atoms with E-state index in [0.717, 1.165) is 22.7 Å². The first-order chi connectivity index (χ1) is 11.7. The highest BCUT2D eigenvalue weighted by atomic mass is 32.2. The van der Waals surface area contributed by atoms with Crippen LogP contribution in [0.2, 0.25) is 0 Å². The van der Waals surface area contributed by atoms with Gasteiger partial charge in [0, 0.05) is 23.2 Å². The van der Waals surface area contributed by atoms with E-state index >= 15 is 0 Å². The van der Waals surface area contributed by atoms with Crippen LogP contribution in [0.5, 0.6) is 0 Å². The first-order valence-electron chi connectivity index (χ1n) is 7.74. The maximum atomic E-state index is 12.1. The number of rotatable bonds is 6. The SMILES string of the molecule is Cc1ccc(CSCC(=O)Nc2cccc(-c3ccn[nH]3)c2)cc1. The Balaban J connectivity index is 1.51. The summed E-state index contributed by atoms with van der Waals surface area (Å²) in [7, 11) is 0. The number of carbonyl (C=O) groups is 1. The van der Waals surface area contributed by atoms with Gasteiger partial charge in [0.2, 0.25) is 5.91 Å². The van der Waals surface area contributed by atoms with E-state index in [1.807, 2.05) is 30.3 Å². The lowest BCUT2D eigenvalue weighted by molar-refractivity contribution is -0.113. The van der Waals surface area contributed by atoms with Crippen LogP contribution < -0.4 is 5.32 Å². The van der Waals surface area contributed by atoms with Gasteiger partial charge in [-0.15, -0.1) is 11.8 Å². The molecule has 0 radical (unpaired) electrons. The average molecular weight is 337 g/mol. The van der Waals surface area contributed by atoms with Gasteiger partial charge in [-0.25, -0.2) is 0 Å². The lowest BCUT2D eigenvalue weighted by atomic mass is 10.1. The molecule has 2 aromatic carbocycles. The molecular weight excluding hydrogens is 318 g/mol. The number of anilines is 1. The van der Waals surface area contributed by atoms with Gasteiger partial charge in [0.05, 0.1) is 11.4 Å². The average Bonchev–Trinajstić information content (AvgIpc) is 3.11. The molecule has 0 bridgehead atoms. The molecule has 0 saturated heterocycles. The van der Waals surface area contributed by atoms with E-state index in [1.54, 1.807) is 18.0 Å². The molecule has 0 spiro atoms. The highest BCUT2D eigenvalue weighted by Crippen LogP contribution is 2.20. The molecule has 0 aliphatic heterocycles. The lowest BCUT2D eigenvalue weighted by Gasteiger charge is -2.07. The zero-order valence-electron chi connectivity index (χ0n) is 13.5. The molecule has 1 heterocycles. The molecule has 0 saturated carbocycles. The molecule has 0 unspecified atom stereocenters. The number of hydrogen-bond donors (Lipinski definition) is 2. The third-order valence-electron chi connectivity index (χ3n) is 3.58. The van der Waals surface area contributed by atoms with Crippen molar-refractivity contribution in [2.75, 3.05) is 11.1 Å². The summed E-state index contributed by atoms with van der Waals surface area (Å²) in [5, 5.41) is 9.82. The first-order valence-corrected chi connectivity index (χ1v) is 8.89. The van der Waals surface area contributed by atoms with Crippen LogP contribution in [0.25, 0.3) is 11.3 Å². The second-order valence-corrected chi connectivity index (χ2v) is 6.56. The molecule has 3 rings (SSSR count). The van der Waals surface area contributed by atoms with Crippen molar-refractivity contribution < 1.29 is 4.79 Å². The van der Waals surface area contributed by atoms with Gasteiger partial charge in [-0.1, -0.05) is 42.0 Å². The summed E-state index contributed by atoms with van der Waals surface area (Å²) in [5.74, 6) is 1.28. The van der Waals surface area contributed by atoms with Crippen molar-refractivity contribution in [3.63, 3.8) is 0 Å². The highest BCUT2D eigenvalue weighted by molar-refractivity contribution is 7.99. The third kappa shape index (κ3) is 4.49. The molecule has 0 aliphatic carbocycles. The van der Waals surface area contributed by atoms with Crippen molar-refractivity contribution in [1.82, 2.24) is 10.2 Å². The fourth-order valence-electron chi connectivity index (χ4n) is 2.32. The molecule has 1 aromatic heterocycles. The number of amides is 1. The second kappa shape index (κ2) is 7.84. The van der Waals surface area contributed by atoms with Crippen molar-refractivity contribution in [3.8, 4) is 11.3 Å². The van der Waals surface area contributed by atoms with Crippen molar-refractivity contribution in [1.29, 1.82) is 0 Å². The summed E-state index contributed by atoms with van der Waals surface area (Å²) in [6.07, 6.45) is 1.71. The minimum atomic E-state index is 0.00822. The van der Waals surface area contributed by atoms with E-state index in [-0.39, 0.29) is 5.91 Å². The van der Waals surface area contributed by atoms with Gasteiger partial charge >= 0.3 is 0 Å². The molecule has 0 fully saturated rings. The Labute approximate surface area is 145 Å². The number of nitrogens with zero attached hydrogens (tertiary/aromatic N) is 1. The Morgan fingerprint density at radius 3 is 2.75 bits per heavy atom. The maximum Gasteiger partial charge on any atom is 0.234 e. The van der Waals surface area contributed by atoms with Gasteiger partial charge in [0.25, 0.3) is 0 Å². The van der Waals surface area contributed by atoms with Crippen molar-refractivity contribution in [2.45, 2.75) is 12.7 Å². The fourth-order valence-corrected chi connectivity index (χ4v) is 3.11. The summed E-state index contributed by atoms with van der Waals surface area (Å²) in [5.41, 5.74) is 5.21. The lowest BCUT2D eigenvalue weighted by Crippen LogP contribution is -2.14. The van der Waals surface area contributed by atoms with Gasteiger partial charge in [-0.3, -0.25) is 9.89 Å². The second-order valence-electron chi connectivity index (χ2n) is 5.58. The number of thioether (sulfide) groups is 1. The predicted octanol–water partition coefficient (Wildman–Crippen LogP) is 4.26. The normalized spacial score (nSPS) is 10.5. The topological polar surface area (TPSA) is 57.8 Å². The number of aromatic amines is 1. The number of nitrogens with one attached hydrogen (secondary N) is 2. The Kier molecular flexibility index (Phi) is 5.33. The number of benzene rings is 2. The first kappa shape index (κ1) is 16.3. The number of hydrogen-bond acceptors (Lipinski definition) is 3. The Morgan fingerprint density at radius 1 is 1.17 bits per heavy atom. The summed E-state index contributed by atoms with van der Waals surface area (Å²) in [4.78, 5) is 12.1. The minimum Gasteiger partial charge on any atom is -0.325 e. The standard InChI is InChI=1S/C19H19N3OS/c1-14-5-7-15(8-6-14)12-24-13-19(23)21-17-4-2-3-16(11-17)18-9-10-20-22-18/h2-11H,12-13H2,1H3,(H,20,22)(H,21,23). The van der Waals surface area contributed by atoms with Crippen molar-refractivity contribution in [3.05, 3.63) is 71.9 Å². The molecule has 0 atom stereocenters. The summed E-state index contributed by atoms with van der Waals surface area (Å²) < 4.78 is 0. The van der Waals surface area contributed by atoms with Crippen LogP contribution >= 0.6 is 11.8 Å². The maximum absolute atomic E-state index is 12.1. The van der Waals surface area contributed by atoms with Gasteiger partial charge in [-0.05, 0) is 30.7 Å². The fraction of sp³-hybridized carbons (Fsp3) is 0.158.